The summed E-state index contributed by atoms with van der Waals surface area (Å²) in [6, 6.07) is 0. The molecule has 13 heavy (non-hydrogen) atoms. The first kappa shape index (κ1) is 12.9. The first-order valence-electron chi connectivity index (χ1n) is 5.73. The summed E-state index contributed by atoms with van der Waals surface area (Å²) in [6.45, 7) is 12.4. The van der Waals surface area contributed by atoms with Gasteiger partial charge in [-0.2, -0.15) is 0 Å². The quantitative estimate of drug-likeness (QED) is 0.463. The maximum absolute atomic E-state index is 3.55. The summed E-state index contributed by atoms with van der Waals surface area (Å²) in [4.78, 5) is 2.44. The molecule has 2 nitrogen and oxygen atoms in total. The van der Waals surface area contributed by atoms with Crippen LogP contribution in [-0.4, -0.2) is 30.7 Å². The number of nitrogens with one attached hydrogen (secondary N) is 1. The number of unbranched alkanes of at least 4 members (excludes halogenated alkanes) is 2. The van der Waals surface area contributed by atoms with Gasteiger partial charge in [0.15, 0.2) is 0 Å². The van der Waals surface area contributed by atoms with Gasteiger partial charge < -0.3 is 5.32 Å². The van der Waals surface area contributed by atoms with E-state index in [0.717, 1.165) is 19.6 Å². The zero-order chi connectivity index (χ0) is 10.1. The molecule has 0 aromatic heterocycles. The molecule has 80 valence electrons. The van der Waals surface area contributed by atoms with Crippen molar-refractivity contribution in [1.29, 1.82) is 0 Å². The summed E-state index contributed by atoms with van der Waals surface area (Å²) in [5.41, 5.74) is 0. The smallest absolute Gasteiger partial charge is 0.0567 e. The van der Waals surface area contributed by atoms with Crippen LogP contribution in [0.25, 0.3) is 0 Å². The van der Waals surface area contributed by atoms with Gasteiger partial charge >= 0.3 is 0 Å². The van der Waals surface area contributed by atoms with Crippen LogP contribution in [0.2, 0.25) is 0 Å². The average Bonchev–Trinajstić information content (AvgIpc) is 2.14. The second-order valence-corrected chi connectivity index (χ2v) is 3.56. The Hall–Kier alpha value is -0.0800. The largest absolute Gasteiger partial charge is 0.302 e. The predicted molar refractivity (Wildman–Crippen MR) is 59.9 cm³/mol. The van der Waals surface area contributed by atoms with E-state index < -0.39 is 0 Å². The number of nitrogens with zero attached hydrogens (tertiary/aromatic N) is 1. The zero-order valence-corrected chi connectivity index (χ0v) is 9.77. The van der Waals surface area contributed by atoms with Gasteiger partial charge in [-0.3, -0.25) is 4.90 Å². The van der Waals surface area contributed by atoms with E-state index >= 15 is 0 Å². The van der Waals surface area contributed by atoms with Gasteiger partial charge in [0.1, 0.15) is 0 Å². The van der Waals surface area contributed by atoms with E-state index in [1.165, 1.54) is 19.3 Å². The summed E-state index contributed by atoms with van der Waals surface area (Å²) in [6.07, 6.45) is 4.49. The lowest BCUT2D eigenvalue weighted by atomic mass is 10.2. The van der Waals surface area contributed by atoms with Gasteiger partial charge in [0, 0.05) is 0 Å². The van der Waals surface area contributed by atoms with E-state index in [1.54, 1.807) is 0 Å². The monoisotopic (exact) mass is 186 g/mol. The van der Waals surface area contributed by atoms with E-state index in [-0.39, 0.29) is 0 Å². The summed E-state index contributed by atoms with van der Waals surface area (Å²) >= 11 is 0. The number of hydrogen-bond donors (Lipinski definition) is 1. The molecule has 2 heteroatoms. The molecule has 0 spiro atoms. The highest BCUT2D eigenvalue weighted by Gasteiger charge is 2.07. The van der Waals surface area contributed by atoms with Crippen molar-refractivity contribution >= 4 is 0 Å². The van der Waals surface area contributed by atoms with Crippen molar-refractivity contribution in [3.05, 3.63) is 0 Å². The molecule has 0 aliphatic rings. The summed E-state index contributed by atoms with van der Waals surface area (Å²) < 4.78 is 0. The van der Waals surface area contributed by atoms with Crippen LogP contribution >= 0.6 is 0 Å². The average molecular weight is 186 g/mol. The molecule has 0 saturated carbocycles. The Balaban J connectivity index is 3.42. The van der Waals surface area contributed by atoms with Gasteiger partial charge in [0.25, 0.3) is 0 Å². The van der Waals surface area contributed by atoms with Crippen LogP contribution in [-0.2, 0) is 0 Å². The van der Waals surface area contributed by atoms with Crippen LogP contribution in [0.5, 0.6) is 0 Å². The molecule has 0 heterocycles. The van der Waals surface area contributed by atoms with Crippen molar-refractivity contribution in [2.75, 3.05) is 19.6 Å². The first-order chi connectivity index (χ1) is 6.26. The minimum atomic E-state index is 0.534. The molecule has 1 N–H and O–H groups in total. The first-order valence-corrected chi connectivity index (χ1v) is 5.73. The van der Waals surface area contributed by atoms with E-state index in [9.17, 15) is 0 Å². The van der Waals surface area contributed by atoms with Crippen LogP contribution in [0.15, 0.2) is 0 Å². The third-order valence-electron chi connectivity index (χ3n) is 2.58. The molecule has 0 aromatic carbocycles. The van der Waals surface area contributed by atoms with Gasteiger partial charge in [0.05, 0.1) is 6.17 Å². The lowest BCUT2D eigenvalue weighted by molar-refractivity contribution is 0.196. The van der Waals surface area contributed by atoms with Crippen molar-refractivity contribution in [1.82, 2.24) is 10.2 Å². The van der Waals surface area contributed by atoms with Crippen molar-refractivity contribution < 1.29 is 0 Å². The predicted octanol–water partition coefficient (Wildman–Crippen LogP) is 2.45. The SMILES string of the molecule is CCCCCNC(C)N(CC)CC. The number of rotatable bonds is 8. The van der Waals surface area contributed by atoms with Crippen molar-refractivity contribution in [2.45, 2.75) is 53.1 Å². The van der Waals surface area contributed by atoms with Gasteiger partial charge in [-0.15, -0.1) is 0 Å². The van der Waals surface area contributed by atoms with Crippen LogP contribution in [0.1, 0.15) is 47.0 Å². The van der Waals surface area contributed by atoms with Crippen molar-refractivity contribution in [3.8, 4) is 0 Å². The molecular formula is C11H26N2. The summed E-state index contributed by atoms with van der Waals surface area (Å²) in [5, 5.41) is 3.55. The molecule has 0 aliphatic carbocycles. The van der Waals surface area contributed by atoms with Crippen LogP contribution in [0.4, 0.5) is 0 Å². The van der Waals surface area contributed by atoms with Gasteiger partial charge in [0.2, 0.25) is 0 Å². The molecule has 0 fully saturated rings. The highest BCUT2D eigenvalue weighted by atomic mass is 15.2. The van der Waals surface area contributed by atoms with Crippen molar-refractivity contribution in [2.24, 2.45) is 0 Å². The normalized spacial score (nSPS) is 13.6. The van der Waals surface area contributed by atoms with Crippen LogP contribution in [0.3, 0.4) is 0 Å². The Kier molecular flexibility index (Phi) is 8.46. The molecule has 1 atom stereocenters. The van der Waals surface area contributed by atoms with Crippen LogP contribution in [0, 0.1) is 0 Å². The topological polar surface area (TPSA) is 15.3 Å². The molecule has 0 aliphatic heterocycles. The highest BCUT2D eigenvalue weighted by molar-refractivity contribution is 4.61. The Morgan fingerprint density at radius 3 is 2.15 bits per heavy atom. The Labute approximate surface area is 83.7 Å². The minimum Gasteiger partial charge on any atom is -0.302 e. The van der Waals surface area contributed by atoms with E-state index in [1.807, 2.05) is 0 Å². The fourth-order valence-electron chi connectivity index (χ4n) is 1.59. The lowest BCUT2D eigenvalue weighted by Gasteiger charge is -2.27. The molecular weight excluding hydrogens is 160 g/mol. The summed E-state index contributed by atoms with van der Waals surface area (Å²) in [7, 11) is 0. The fourth-order valence-corrected chi connectivity index (χ4v) is 1.59. The maximum atomic E-state index is 3.55. The molecule has 0 rings (SSSR count). The third kappa shape index (κ3) is 6.05. The standard InChI is InChI=1S/C11H26N2/c1-5-8-9-10-12-11(4)13(6-2)7-3/h11-12H,5-10H2,1-4H3. The van der Waals surface area contributed by atoms with Crippen molar-refractivity contribution in [3.63, 3.8) is 0 Å². The molecule has 0 saturated heterocycles. The summed E-state index contributed by atoms with van der Waals surface area (Å²) in [5.74, 6) is 0. The van der Waals surface area contributed by atoms with E-state index in [2.05, 4.69) is 37.9 Å². The maximum Gasteiger partial charge on any atom is 0.0567 e. The lowest BCUT2D eigenvalue weighted by Crippen LogP contribution is -2.43. The number of hydrogen-bond acceptors (Lipinski definition) is 2. The molecule has 0 amide bonds. The second kappa shape index (κ2) is 8.52. The van der Waals surface area contributed by atoms with Gasteiger partial charge in [-0.25, -0.2) is 0 Å². The third-order valence-corrected chi connectivity index (χ3v) is 2.58. The van der Waals surface area contributed by atoms with Gasteiger partial charge in [-0.05, 0) is 33.0 Å². The van der Waals surface area contributed by atoms with E-state index in [0.29, 0.717) is 6.17 Å². The van der Waals surface area contributed by atoms with Gasteiger partial charge in [-0.1, -0.05) is 33.6 Å². The molecule has 1 unspecified atom stereocenters. The van der Waals surface area contributed by atoms with Crippen LogP contribution < -0.4 is 5.32 Å². The van der Waals surface area contributed by atoms with E-state index in [4.69, 9.17) is 0 Å². The highest BCUT2D eigenvalue weighted by Crippen LogP contribution is 1.96. The molecule has 0 aromatic rings. The Morgan fingerprint density at radius 1 is 1.08 bits per heavy atom. The molecule has 0 radical (unpaired) electrons. The Morgan fingerprint density at radius 2 is 1.69 bits per heavy atom. The molecule has 0 bridgehead atoms. The zero-order valence-electron chi connectivity index (χ0n) is 9.77. The Bertz CT molecular complexity index is 100. The fraction of sp³-hybridized carbons (Fsp3) is 1.00. The minimum absolute atomic E-state index is 0.534. The second-order valence-electron chi connectivity index (χ2n) is 3.56.